The number of nitrogens with one attached hydrogen (secondary N) is 2. The zero-order chi connectivity index (χ0) is 20.6. The second kappa shape index (κ2) is 10.2. The van der Waals surface area contributed by atoms with Crippen molar-refractivity contribution in [1.29, 1.82) is 0 Å². The lowest BCUT2D eigenvalue weighted by atomic mass is 10.3. The lowest BCUT2D eigenvalue weighted by Gasteiger charge is -2.21. The van der Waals surface area contributed by atoms with Crippen LogP contribution >= 0.6 is 11.3 Å². The van der Waals surface area contributed by atoms with E-state index in [1.165, 1.54) is 11.3 Å². The summed E-state index contributed by atoms with van der Waals surface area (Å²) in [7, 11) is 3.20. The molecule has 1 fully saturated rings. The maximum absolute atomic E-state index is 12.9. The molecule has 0 spiro atoms. The Kier molecular flexibility index (Phi) is 7.42. The second-order valence-electron chi connectivity index (χ2n) is 6.72. The van der Waals surface area contributed by atoms with Crippen molar-refractivity contribution in [2.24, 2.45) is 0 Å². The number of nitrogens with zero attached hydrogens (tertiary/aromatic N) is 2. The van der Waals surface area contributed by atoms with E-state index >= 15 is 0 Å². The van der Waals surface area contributed by atoms with Gasteiger partial charge in [-0.2, -0.15) is 0 Å². The Morgan fingerprint density at radius 2 is 2.14 bits per heavy atom. The van der Waals surface area contributed by atoms with Gasteiger partial charge in [0.15, 0.2) is 5.13 Å². The van der Waals surface area contributed by atoms with Crippen LogP contribution in [0, 0.1) is 0 Å². The number of carbonyl (C=O) groups excluding carboxylic acids is 2. The van der Waals surface area contributed by atoms with Gasteiger partial charge in [-0.3, -0.25) is 9.59 Å². The summed E-state index contributed by atoms with van der Waals surface area (Å²) in [6.07, 6.45) is 2.21. The van der Waals surface area contributed by atoms with Crippen LogP contribution in [0.3, 0.4) is 0 Å². The molecule has 9 heteroatoms. The number of thiazole rings is 1. The fourth-order valence-electron chi connectivity index (χ4n) is 2.84. The standard InChI is InChI=1S/C20H26N4O4S/c1-27-11-9-21-18(25)8-10-24(15-6-7-15)19(26)17-13-29-20(23-17)22-14-4-3-5-16(12-14)28-2/h3-5,12-13,15H,6-11H2,1-2H3,(H,21,25)(H,22,23). The topological polar surface area (TPSA) is 92.8 Å². The van der Waals surface area contributed by atoms with Crippen molar-refractivity contribution in [2.75, 3.05) is 39.2 Å². The predicted molar refractivity (Wildman–Crippen MR) is 112 cm³/mol. The van der Waals surface area contributed by atoms with E-state index in [9.17, 15) is 9.59 Å². The molecule has 1 aromatic carbocycles. The molecule has 1 heterocycles. The Balaban J connectivity index is 1.58. The Bertz CT molecular complexity index is 837. The first-order chi connectivity index (χ1) is 14.1. The molecule has 0 bridgehead atoms. The average Bonchev–Trinajstić information content (AvgIpc) is 3.46. The van der Waals surface area contributed by atoms with Crippen molar-refractivity contribution in [2.45, 2.75) is 25.3 Å². The van der Waals surface area contributed by atoms with Crippen molar-refractivity contribution in [3.05, 3.63) is 35.3 Å². The molecule has 0 unspecified atom stereocenters. The summed E-state index contributed by atoms with van der Waals surface area (Å²) < 4.78 is 10.1. The number of methoxy groups -OCH3 is 2. The van der Waals surface area contributed by atoms with E-state index < -0.39 is 0 Å². The maximum atomic E-state index is 12.9. The Labute approximate surface area is 174 Å². The van der Waals surface area contributed by atoms with Gasteiger partial charge in [0, 0.05) is 49.8 Å². The molecule has 2 N–H and O–H groups in total. The zero-order valence-electron chi connectivity index (χ0n) is 16.6. The van der Waals surface area contributed by atoms with E-state index in [2.05, 4.69) is 15.6 Å². The minimum Gasteiger partial charge on any atom is -0.497 e. The summed E-state index contributed by atoms with van der Waals surface area (Å²) >= 11 is 1.37. The third-order valence-corrected chi connectivity index (χ3v) is 5.26. The molecule has 0 saturated heterocycles. The molecule has 1 aliphatic rings. The molecule has 1 aromatic heterocycles. The maximum Gasteiger partial charge on any atom is 0.273 e. The molecule has 29 heavy (non-hydrogen) atoms. The van der Waals surface area contributed by atoms with E-state index in [4.69, 9.17) is 9.47 Å². The first-order valence-corrected chi connectivity index (χ1v) is 10.4. The molecule has 1 aliphatic carbocycles. The molecule has 156 valence electrons. The minimum absolute atomic E-state index is 0.0841. The molecule has 0 atom stereocenters. The summed E-state index contributed by atoms with van der Waals surface area (Å²) in [5, 5.41) is 8.36. The lowest BCUT2D eigenvalue weighted by Crippen LogP contribution is -2.37. The number of ether oxygens (including phenoxy) is 2. The fourth-order valence-corrected chi connectivity index (χ4v) is 3.54. The van der Waals surface area contributed by atoms with Gasteiger partial charge in [0.05, 0.1) is 13.7 Å². The Morgan fingerprint density at radius 1 is 1.31 bits per heavy atom. The normalized spacial score (nSPS) is 13.0. The molecule has 0 radical (unpaired) electrons. The SMILES string of the molecule is COCCNC(=O)CCN(C(=O)c1csc(Nc2cccc(OC)c2)n1)C1CC1. The van der Waals surface area contributed by atoms with Crippen molar-refractivity contribution < 1.29 is 19.1 Å². The highest BCUT2D eigenvalue weighted by molar-refractivity contribution is 7.14. The monoisotopic (exact) mass is 418 g/mol. The molecular weight excluding hydrogens is 392 g/mol. The highest BCUT2D eigenvalue weighted by Crippen LogP contribution is 2.30. The van der Waals surface area contributed by atoms with Crippen molar-refractivity contribution in [3.8, 4) is 5.75 Å². The number of rotatable bonds is 11. The van der Waals surface area contributed by atoms with Gasteiger partial charge in [-0.15, -0.1) is 11.3 Å². The summed E-state index contributed by atoms with van der Waals surface area (Å²) in [5.41, 5.74) is 1.23. The van der Waals surface area contributed by atoms with Crippen LogP contribution in [0.2, 0.25) is 0 Å². The summed E-state index contributed by atoms with van der Waals surface area (Å²) in [6.45, 7) is 1.33. The quantitative estimate of drug-likeness (QED) is 0.545. The predicted octanol–water partition coefficient (Wildman–Crippen LogP) is 2.65. The number of carbonyl (C=O) groups is 2. The fraction of sp³-hybridized carbons (Fsp3) is 0.450. The van der Waals surface area contributed by atoms with Crippen LogP contribution in [0.15, 0.2) is 29.6 Å². The summed E-state index contributed by atoms with van der Waals surface area (Å²) in [5.74, 6) is 0.526. The molecule has 1 saturated carbocycles. The van der Waals surface area contributed by atoms with E-state index in [-0.39, 0.29) is 24.3 Å². The molecule has 8 nitrogen and oxygen atoms in total. The van der Waals surface area contributed by atoms with Gasteiger partial charge in [0.25, 0.3) is 5.91 Å². The number of benzene rings is 1. The van der Waals surface area contributed by atoms with Gasteiger partial charge in [-0.05, 0) is 25.0 Å². The van der Waals surface area contributed by atoms with Crippen LogP contribution in [0.4, 0.5) is 10.8 Å². The van der Waals surface area contributed by atoms with E-state index in [1.807, 2.05) is 24.3 Å². The van der Waals surface area contributed by atoms with E-state index in [1.54, 1.807) is 24.5 Å². The molecule has 0 aliphatic heterocycles. The summed E-state index contributed by atoms with van der Waals surface area (Å²) in [4.78, 5) is 31.1. The van der Waals surface area contributed by atoms with Crippen LogP contribution in [-0.2, 0) is 9.53 Å². The van der Waals surface area contributed by atoms with Crippen molar-refractivity contribution >= 4 is 34.0 Å². The molecular formula is C20H26N4O4S. The van der Waals surface area contributed by atoms with Gasteiger partial charge >= 0.3 is 0 Å². The van der Waals surface area contributed by atoms with Gasteiger partial charge in [-0.25, -0.2) is 4.98 Å². The number of hydrogen-bond donors (Lipinski definition) is 2. The van der Waals surface area contributed by atoms with E-state index in [0.29, 0.717) is 30.5 Å². The van der Waals surface area contributed by atoms with Gasteiger partial charge in [0.2, 0.25) is 5.91 Å². The smallest absolute Gasteiger partial charge is 0.273 e. The zero-order valence-corrected chi connectivity index (χ0v) is 17.5. The van der Waals surface area contributed by atoms with E-state index in [0.717, 1.165) is 24.3 Å². The lowest BCUT2D eigenvalue weighted by molar-refractivity contribution is -0.121. The van der Waals surface area contributed by atoms with Gasteiger partial charge in [0.1, 0.15) is 11.4 Å². The minimum atomic E-state index is -0.132. The van der Waals surface area contributed by atoms with Crippen LogP contribution in [0.25, 0.3) is 0 Å². The average molecular weight is 419 g/mol. The highest BCUT2D eigenvalue weighted by Gasteiger charge is 2.34. The first-order valence-electron chi connectivity index (χ1n) is 9.54. The highest BCUT2D eigenvalue weighted by atomic mass is 32.1. The summed E-state index contributed by atoms with van der Waals surface area (Å²) in [6, 6.07) is 7.71. The molecule has 3 rings (SSSR count). The van der Waals surface area contributed by atoms with Gasteiger partial charge in [-0.1, -0.05) is 6.07 Å². The first kappa shape index (κ1) is 21.1. The van der Waals surface area contributed by atoms with Gasteiger partial charge < -0.3 is 25.0 Å². The Hall–Kier alpha value is -2.65. The number of hydrogen-bond acceptors (Lipinski definition) is 7. The number of amides is 2. The number of aromatic nitrogens is 1. The third-order valence-electron chi connectivity index (χ3n) is 4.50. The Morgan fingerprint density at radius 3 is 2.86 bits per heavy atom. The second-order valence-corrected chi connectivity index (χ2v) is 7.58. The molecule has 2 amide bonds. The van der Waals surface area contributed by atoms with Crippen molar-refractivity contribution in [3.63, 3.8) is 0 Å². The van der Waals surface area contributed by atoms with Crippen LogP contribution in [0.1, 0.15) is 29.8 Å². The third kappa shape index (κ3) is 6.16. The van der Waals surface area contributed by atoms with Crippen molar-refractivity contribution in [1.82, 2.24) is 15.2 Å². The largest absolute Gasteiger partial charge is 0.497 e. The number of anilines is 2. The molecule has 2 aromatic rings. The van der Waals surface area contributed by atoms with Crippen LogP contribution < -0.4 is 15.4 Å². The van der Waals surface area contributed by atoms with Crippen LogP contribution in [-0.4, -0.2) is 61.7 Å². The van der Waals surface area contributed by atoms with Crippen LogP contribution in [0.5, 0.6) is 5.75 Å².